The van der Waals surface area contributed by atoms with Gasteiger partial charge in [0.05, 0.1) is 6.20 Å². The van der Waals surface area contributed by atoms with E-state index >= 15 is 0 Å². The monoisotopic (exact) mass is 672 g/mol. The molecule has 274 valence electrons. The second kappa shape index (κ2) is 19.7. The van der Waals surface area contributed by atoms with Gasteiger partial charge in [-0.15, -0.1) is 0 Å². The molecule has 0 fully saturated rings. The second-order valence-electron chi connectivity index (χ2n) is 16.3. The predicted molar refractivity (Wildman–Crippen MR) is 220 cm³/mol. The van der Waals surface area contributed by atoms with Crippen LogP contribution < -0.4 is 16.0 Å². The quantitative estimate of drug-likeness (QED) is 0.191. The van der Waals surface area contributed by atoms with E-state index in [-0.39, 0.29) is 29.6 Å². The summed E-state index contributed by atoms with van der Waals surface area (Å²) < 4.78 is 1.83. The Bertz CT molecular complexity index is 1460. The fraction of sp³-hybridized carbons (Fsp3) is 0.523. The molecule has 49 heavy (non-hydrogen) atoms. The van der Waals surface area contributed by atoms with E-state index in [1.165, 1.54) is 33.5 Å². The van der Waals surface area contributed by atoms with Gasteiger partial charge in [0.15, 0.2) is 0 Å². The highest BCUT2D eigenvalue weighted by Gasteiger charge is 2.25. The number of nitrogens with one attached hydrogen (secondary N) is 3. The van der Waals surface area contributed by atoms with E-state index in [0.29, 0.717) is 6.04 Å². The minimum Gasteiger partial charge on any atom is -0.380 e. The van der Waals surface area contributed by atoms with Crippen molar-refractivity contribution in [3.63, 3.8) is 0 Å². The Balaban J connectivity index is 0.000000698. The molecule has 1 aromatic heterocycles. The van der Waals surface area contributed by atoms with Crippen LogP contribution >= 0.6 is 0 Å². The molecule has 5 nitrogen and oxygen atoms in total. The van der Waals surface area contributed by atoms with E-state index in [1.807, 2.05) is 38.0 Å². The molecule has 0 spiro atoms. The highest BCUT2D eigenvalue weighted by molar-refractivity contribution is 5.62. The second-order valence-corrected chi connectivity index (χ2v) is 16.3. The highest BCUT2D eigenvalue weighted by Crippen LogP contribution is 2.24. The SMILES string of the molecule is C.CC.CC(NC(C)(C)C)c1ccc(-c2cnn(C)c2)cc1.Cc1ccc(C(C)(C)NC(C)(C)C)cc1.Cc1cccc(NC(C)(C)C)c1. The van der Waals surface area contributed by atoms with Gasteiger partial charge in [-0.1, -0.05) is 87.5 Å². The van der Waals surface area contributed by atoms with E-state index in [4.69, 9.17) is 0 Å². The third-order valence-corrected chi connectivity index (χ3v) is 7.10. The zero-order valence-corrected chi connectivity index (χ0v) is 33.6. The van der Waals surface area contributed by atoms with Gasteiger partial charge in [0.2, 0.25) is 0 Å². The molecular weight excluding hydrogens is 599 g/mol. The zero-order valence-electron chi connectivity index (χ0n) is 33.6. The average molecular weight is 672 g/mol. The van der Waals surface area contributed by atoms with Crippen molar-refractivity contribution in [1.82, 2.24) is 20.4 Å². The normalized spacial score (nSPS) is 12.1. The summed E-state index contributed by atoms with van der Waals surface area (Å²) in [6.07, 6.45) is 3.93. The third-order valence-electron chi connectivity index (χ3n) is 7.10. The van der Waals surface area contributed by atoms with E-state index < -0.39 is 0 Å². The smallest absolute Gasteiger partial charge is 0.0568 e. The van der Waals surface area contributed by atoms with Crippen LogP contribution in [-0.2, 0) is 12.6 Å². The van der Waals surface area contributed by atoms with Crippen molar-refractivity contribution < 1.29 is 0 Å². The van der Waals surface area contributed by atoms with Gasteiger partial charge in [0, 0.05) is 52.7 Å². The summed E-state index contributed by atoms with van der Waals surface area (Å²) in [4.78, 5) is 0. The summed E-state index contributed by atoms with van der Waals surface area (Å²) in [6, 6.07) is 26.2. The molecule has 3 aromatic carbocycles. The Morgan fingerprint density at radius 2 is 1.20 bits per heavy atom. The van der Waals surface area contributed by atoms with E-state index in [9.17, 15) is 0 Å². The van der Waals surface area contributed by atoms with Crippen LogP contribution in [0, 0.1) is 13.8 Å². The number of rotatable bonds is 6. The average Bonchev–Trinajstić information content (AvgIpc) is 3.38. The fourth-order valence-corrected chi connectivity index (χ4v) is 5.40. The predicted octanol–water partition coefficient (Wildman–Crippen LogP) is 12.0. The Morgan fingerprint density at radius 1 is 0.653 bits per heavy atom. The molecule has 1 atom stereocenters. The molecule has 3 N–H and O–H groups in total. The molecule has 1 unspecified atom stereocenters. The maximum Gasteiger partial charge on any atom is 0.0568 e. The van der Waals surface area contributed by atoms with Crippen molar-refractivity contribution in [2.75, 3.05) is 5.32 Å². The molecule has 0 saturated heterocycles. The van der Waals surface area contributed by atoms with Crippen LogP contribution in [0.15, 0.2) is 85.2 Å². The Labute approximate surface area is 302 Å². The van der Waals surface area contributed by atoms with Crippen LogP contribution in [0.1, 0.15) is 133 Å². The van der Waals surface area contributed by atoms with Gasteiger partial charge in [0.1, 0.15) is 0 Å². The van der Waals surface area contributed by atoms with Crippen LogP contribution in [0.5, 0.6) is 0 Å². The zero-order chi connectivity index (χ0) is 36.9. The number of benzene rings is 3. The minimum absolute atomic E-state index is 0. The molecule has 0 radical (unpaired) electrons. The van der Waals surface area contributed by atoms with Crippen LogP contribution in [0.2, 0.25) is 0 Å². The summed E-state index contributed by atoms with van der Waals surface area (Å²) >= 11 is 0. The van der Waals surface area contributed by atoms with Crippen molar-refractivity contribution >= 4 is 5.69 Å². The van der Waals surface area contributed by atoms with Gasteiger partial charge in [-0.25, -0.2) is 0 Å². The first-order valence-corrected chi connectivity index (χ1v) is 17.6. The third kappa shape index (κ3) is 18.8. The van der Waals surface area contributed by atoms with Gasteiger partial charge >= 0.3 is 0 Å². The van der Waals surface area contributed by atoms with Crippen LogP contribution in [0.25, 0.3) is 11.1 Å². The van der Waals surface area contributed by atoms with E-state index in [2.05, 4.69) is 191 Å². The number of hydrogen-bond acceptors (Lipinski definition) is 4. The molecule has 0 aliphatic rings. The number of nitrogens with zero attached hydrogens (tertiary/aromatic N) is 2. The first-order chi connectivity index (χ1) is 22.0. The lowest BCUT2D eigenvalue weighted by molar-refractivity contribution is 0.286. The van der Waals surface area contributed by atoms with Gasteiger partial charge in [-0.2, -0.15) is 5.10 Å². The molecule has 0 bridgehead atoms. The van der Waals surface area contributed by atoms with Crippen LogP contribution in [0.3, 0.4) is 0 Å². The molecule has 0 saturated carbocycles. The maximum absolute atomic E-state index is 4.20. The Morgan fingerprint density at radius 3 is 1.63 bits per heavy atom. The maximum atomic E-state index is 4.20. The van der Waals surface area contributed by atoms with Gasteiger partial charge in [0.25, 0.3) is 0 Å². The van der Waals surface area contributed by atoms with Crippen LogP contribution in [-0.4, -0.2) is 26.4 Å². The minimum atomic E-state index is 0. The van der Waals surface area contributed by atoms with Crippen molar-refractivity contribution in [3.8, 4) is 11.1 Å². The lowest BCUT2D eigenvalue weighted by atomic mass is 9.90. The number of anilines is 1. The van der Waals surface area contributed by atoms with Crippen molar-refractivity contribution in [2.24, 2.45) is 7.05 Å². The van der Waals surface area contributed by atoms with Gasteiger partial charge < -0.3 is 16.0 Å². The molecule has 1 heterocycles. The molecule has 4 rings (SSSR count). The first-order valence-electron chi connectivity index (χ1n) is 17.6. The molecule has 4 aromatic rings. The van der Waals surface area contributed by atoms with Crippen molar-refractivity contribution in [2.45, 2.75) is 146 Å². The van der Waals surface area contributed by atoms with Gasteiger partial charge in [-0.3, -0.25) is 4.68 Å². The lowest BCUT2D eigenvalue weighted by Crippen LogP contribution is -2.48. The van der Waals surface area contributed by atoms with Crippen LogP contribution in [0.4, 0.5) is 5.69 Å². The molecule has 0 aliphatic heterocycles. The largest absolute Gasteiger partial charge is 0.380 e. The van der Waals surface area contributed by atoms with Gasteiger partial charge in [-0.05, 0) is 131 Å². The fourth-order valence-electron chi connectivity index (χ4n) is 5.40. The highest BCUT2D eigenvalue weighted by atomic mass is 15.2. The number of hydrogen-bond donors (Lipinski definition) is 3. The summed E-state index contributed by atoms with van der Waals surface area (Å²) in [7, 11) is 1.94. The summed E-state index contributed by atoms with van der Waals surface area (Å²) in [5.41, 5.74) is 9.24. The Hall–Kier alpha value is -3.41. The van der Waals surface area contributed by atoms with Crippen molar-refractivity contribution in [3.05, 3.63) is 107 Å². The summed E-state index contributed by atoms with van der Waals surface area (Å²) in [6.45, 7) is 34.5. The van der Waals surface area contributed by atoms with E-state index in [0.717, 1.165) is 5.56 Å². The van der Waals surface area contributed by atoms with E-state index in [1.54, 1.807) is 0 Å². The summed E-state index contributed by atoms with van der Waals surface area (Å²) in [5.74, 6) is 0. The first kappa shape index (κ1) is 45.6. The number of aryl methyl sites for hydroxylation is 3. The topological polar surface area (TPSA) is 53.9 Å². The summed E-state index contributed by atoms with van der Waals surface area (Å²) in [5, 5.41) is 14.8. The lowest BCUT2D eigenvalue weighted by Gasteiger charge is -2.35. The molecule has 0 amide bonds. The Kier molecular flexibility index (Phi) is 18.3. The molecule has 0 aliphatic carbocycles. The standard InChI is InChI=1S/C16H23N3.C14H23N.C11H17N.C2H6.CH4/c1-12(18-16(2,3)4)13-6-8-14(9-7-13)15-10-17-19(5)11-15;1-11-7-9-12(10-8-11)14(5,6)15-13(2,3)4;1-9-6-5-7-10(8-9)12-11(2,3)4;1-2;/h6-12,18H,1-5H3;7-10,15H,1-6H3;5-8,12H,1-4H3;1-2H3;1H4. The van der Waals surface area contributed by atoms with Crippen molar-refractivity contribution in [1.29, 1.82) is 0 Å². The molecule has 5 heteroatoms. The molecular formula is C44H73N5. The number of aromatic nitrogens is 2.